The van der Waals surface area contributed by atoms with Crippen LogP contribution in [0.5, 0.6) is 0 Å². The Morgan fingerprint density at radius 2 is 1.74 bits per heavy atom. The summed E-state index contributed by atoms with van der Waals surface area (Å²) in [7, 11) is 0. The summed E-state index contributed by atoms with van der Waals surface area (Å²) in [6.07, 6.45) is 5.66. The van der Waals surface area contributed by atoms with E-state index in [1.165, 1.54) is 16.5 Å². The fraction of sp³-hybridized carbons (Fsp3) is 0.469. The van der Waals surface area contributed by atoms with Crippen LogP contribution < -0.4 is 0 Å². The number of carbonyl (C=O) groups excluding carboxylic acids is 1. The molecule has 2 aliphatic heterocycles. The second-order valence-corrected chi connectivity index (χ2v) is 12.0. The Morgan fingerprint density at radius 3 is 2.37 bits per heavy atom. The minimum atomic E-state index is 0.118. The third-order valence-corrected chi connectivity index (χ3v) is 8.49. The molecule has 3 aromatic rings. The molecule has 1 fully saturated rings. The molecular formula is C32H41ClN4O. The maximum atomic E-state index is 13.6. The molecule has 1 saturated heterocycles. The normalized spacial score (nSPS) is 17.6. The van der Waals surface area contributed by atoms with Crippen LogP contribution in [-0.4, -0.2) is 77.0 Å². The number of amides is 1. The van der Waals surface area contributed by atoms with Crippen molar-refractivity contribution in [3.8, 4) is 5.69 Å². The first kappa shape index (κ1) is 27.0. The number of piperazine rings is 1. The average molecular weight is 533 g/mol. The van der Waals surface area contributed by atoms with Gasteiger partial charge in [0, 0.05) is 85.3 Å². The van der Waals surface area contributed by atoms with Crippen molar-refractivity contribution in [3.63, 3.8) is 0 Å². The van der Waals surface area contributed by atoms with Gasteiger partial charge in [-0.05, 0) is 68.5 Å². The molecule has 1 aromatic heterocycles. The quantitative estimate of drug-likeness (QED) is 0.363. The summed E-state index contributed by atoms with van der Waals surface area (Å²) < 4.78 is 2.21. The predicted octanol–water partition coefficient (Wildman–Crippen LogP) is 6.50. The van der Waals surface area contributed by atoms with Crippen LogP contribution in [0.3, 0.4) is 0 Å². The molecule has 6 heteroatoms. The molecular weight excluding hydrogens is 492 g/mol. The van der Waals surface area contributed by atoms with Gasteiger partial charge in [0.05, 0.1) is 5.52 Å². The highest BCUT2D eigenvalue weighted by Crippen LogP contribution is 2.34. The minimum Gasteiger partial charge on any atom is -0.336 e. The van der Waals surface area contributed by atoms with Gasteiger partial charge in [-0.25, -0.2) is 0 Å². The summed E-state index contributed by atoms with van der Waals surface area (Å²) in [5.41, 5.74) is 6.52. The second kappa shape index (κ2) is 11.3. The minimum absolute atomic E-state index is 0.118. The highest BCUT2D eigenvalue weighted by atomic mass is 35.5. The number of halogens is 1. The Balaban J connectivity index is 1.51. The van der Waals surface area contributed by atoms with Gasteiger partial charge in [-0.2, -0.15) is 0 Å². The molecule has 0 unspecified atom stereocenters. The zero-order valence-electron chi connectivity index (χ0n) is 23.5. The van der Waals surface area contributed by atoms with E-state index in [0.29, 0.717) is 12.0 Å². The Labute approximate surface area is 232 Å². The number of benzene rings is 2. The molecule has 2 aliphatic rings. The van der Waals surface area contributed by atoms with Crippen LogP contribution >= 0.6 is 11.6 Å². The van der Waals surface area contributed by atoms with Gasteiger partial charge < -0.3 is 9.47 Å². The molecule has 202 valence electrons. The molecule has 2 aromatic carbocycles. The topological polar surface area (TPSA) is 31.7 Å². The van der Waals surface area contributed by atoms with Crippen LogP contribution in [0.15, 0.2) is 48.7 Å². The summed E-state index contributed by atoms with van der Waals surface area (Å²) in [4.78, 5) is 20.5. The molecule has 0 aliphatic carbocycles. The van der Waals surface area contributed by atoms with Gasteiger partial charge in [0.2, 0.25) is 0 Å². The van der Waals surface area contributed by atoms with Crippen molar-refractivity contribution in [1.29, 1.82) is 0 Å². The molecule has 0 atom stereocenters. The lowest BCUT2D eigenvalue weighted by Crippen LogP contribution is -2.50. The SMILES string of the molecule is Cc1ccc(-n2cc(C3=CCN(CC(C)C)CC3)c3ccc(C(=O)N4CCN(C(C)C)CC4)cc32)cc1Cl. The van der Waals surface area contributed by atoms with Gasteiger partial charge in [0.1, 0.15) is 0 Å². The monoisotopic (exact) mass is 532 g/mol. The Morgan fingerprint density at radius 1 is 0.974 bits per heavy atom. The number of aryl methyl sites for hydroxylation is 1. The molecule has 1 amide bonds. The van der Waals surface area contributed by atoms with Crippen LogP contribution in [0, 0.1) is 12.8 Å². The zero-order chi connectivity index (χ0) is 27.0. The van der Waals surface area contributed by atoms with Gasteiger partial charge in [0.25, 0.3) is 5.91 Å². The number of carbonyl (C=O) groups is 1. The van der Waals surface area contributed by atoms with Gasteiger partial charge in [-0.1, -0.05) is 43.7 Å². The third kappa shape index (κ3) is 5.56. The van der Waals surface area contributed by atoms with Crippen molar-refractivity contribution < 1.29 is 4.79 Å². The molecule has 0 saturated carbocycles. The highest BCUT2D eigenvalue weighted by Gasteiger charge is 2.25. The van der Waals surface area contributed by atoms with Gasteiger partial charge in [0.15, 0.2) is 0 Å². The third-order valence-electron chi connectivity index (χ3n) is 8.08. The maximum Gasteiger partial charge on any atom is 0.254 e. The standard InChI is InChI=1S/C32H41ClN4O/c1-22(2)20-34-12-10-25(11-13-34)29-21-37(27-8-6-24(5)30(33)19-27)31-18-26(7-9-28(29)31)32(38)36-16-14-35(15-17-36)23(3)4/h6-10,18-19,21-23H,11-17,20H2,1-5H3. The largest absolute Gasteiger partial charge is 0.336 e. The van der Waals surface area contributed by atoms with E-state index in [9.17, 15) is 4.79 Å². The Kier molecular flexibility index (Phi) is 7.99. The molecule has 0 radical (unpaired) electrons. The molecule has 38 heavy (non-hydrogen) atoms. The van der Waals surface area contributed by atoms with E-state index in [4.69, 9.17) is 11.6 Å². The average Bonchev–Trinajstić information content (AvgIpc) is 3.29. The van der Waals surface area contributed by atoms with E-state index in [1.54, 1.807) is 0 Å². The summed E-state index contributed by atoms with van der Waals surface area (Å²) in [6, 6.07) is 13.0. The van der Waals surface area contributed by atoms with Crippen LogP contribution in [0.25, 0.3) is 22.2 Å². The lowest BCUT2D eigenvalue weighted by atomic mass is 9.97. The number of rotatable bonds is 6. The molecule has 3 heterocycles. The lowest BCUT2D eigenvalue weighted by molar-refractivity contribution is 0.0595. The van der Waals surface area contributed by atoms with Crippen molar-refractivity contribution in [2.45, 2.75) is 47.1 Å². The summed E-state index contributed by atoms with van der Waals surface area (Å²) in [5.74, 6) is 0.787. The molecule has 5 nitrogen and oxygen atoms in total. The molecule has 0 spiro atoms. The Bertz CT molecular complexity index is 1350. The van der Waals surface area contributed by atoms with Crippen LogP contribution in [0.1, 0.15) is 55.6 Å². The van der Waals surface area contributed by atoms with E-state index in [0.717, 1.165) is 79.6 Å². The first-order valence-electron chi connectivity index (χ1n) is 14.1. The summed E-state index contributed by atoms with van der Waals surface area (Å²) in [6.45, 7) is 17.6. The number of fused-ring (bicyclic) bond motifs is 1. The zero-order valence-corrected chi connectivity index (χ0v) is 24.3. The fourth-order valence-corrected chi connectivity index (χ4v) is 6.00. The molecule has 5 rings (SSSR count). The first-order chi connectivity index (χ1) is 18.2. The molecule has 0 N–H and O–H groups in total. The lowest BCUT2D eigenvalue weighted by Gasteiger charge is -2.37. The molecule has 0 bridgehead atoms. The summed E-state index contributed by atoms with van der Waals surface area (Å²) in [5, 5.41) is 1.94. The smallest absolute Gasteiger partial charge is 0.254 e. The highest BCUT2D eigenvalue weighted by molar-refractivity contribution is 6.31. The van der Waals surface area contributed by atoms with Gasteiger partial charge in [-0.3, -0.25) is 14.6 Å². The number of hydrogen-bond donors (Lipinski definition) is 0. The summed E-state index contributed by atoms with van der Waals surface area (Å²) >= 11 is 6.55. The van der Waals surface area contributed by atoms with E-state index < -0.39 is 0 Å². The number of aromatic nitrogens is 1. The van der Waals surface area contributed by atoms with Crippen LogP contribution in [0.2, 0.25) is 5.02 Å². The van der Waals surface area contributed by atoms with Crippen molar-refractivity contribution in [3.05, 3.63) is 70.4 Å². The van der Waals surface area contributed by atoms with Gasteiger partial charge >= 0.3 is 0 Å². The van der Waals surface area contributed by atoms with Crippen molar-refractivity contribution in [2.24, 2.45) is 5.92 Å². The Hall–Kier alpha value is -2.60. The van der Waals surface area contributed by atoms with E-state index >= 15 is 0 Å². The maximum absolute atomic E-state index is 13.6. The van der Waals surface area contributed by atoms with E-state index in [1.807, 2.05) is 24.0 Å². The number of hydrogen-bond acceptors (Lipinski definition) is 3. The van der Waals surface area contributed by atoms with Crippen molar-refractivity contribution >= 4 is 34.0 Å². The number of nitrogens with zero attached hydrogens (tertiary/aromatic N) is 4. The van der Waals surface area contributed by atoms with E-state index in [2.05, 4.69) is 78.6 Å². The van der Waals surface area contributed by atoms with Crippen molar-refractivity contribution in [1.82, 2.24) is 19.3 Å². The van der Waals surface area contributed by atoms with Crippen LogP contribution in [0.4, 0.5) is 0 Å². The van der Waals surface area contributed by atoms with E-state index in [-0.39, 0.29) is 5.91 Å². The fourth-order valence-electron chi connectivity index (χ4n) is 5.82. The predicted molar refractivity (Wildman–Crippen MR) is 160 cm³/mol. The van der Waals surface area contributed by atoms with Gasteiger partial charge in [-0.15, -0.1) is 0 Å². The second-order valence-electron chi connectivity index (χ2n) is 11.6. The first-order valence-corrected chi connectivity index (χ1v) is 14.5. The van der Waals surface area contributed by atoms with Crippen molar-refractivity contribution in [2.75, 3.05) is 45.8 Å². The van der Waals surface area contributed by atoms with Crippen LogP contribution in [-0.2, 0) is 0 Å².